The first kappa shape index (κ1) is 31.0. The molecule has 9 nitrogen and oxygen atoms in total. The Kier molecular flexibility index (Phi) is 9.42. The van der Waals surface area contributed by atoms with Gasteiger partial charge in [-0.2, -0.15) is 17.6 Å². The number of alkyl halides is 3. The van der Waals surface area contributed by atoms with E-state index in [1.807, 2.05) is 4.90 Å². The summed E-state index contributed by atoms with van der Waals surface area (Å²) < 4.78 is 70.6. The molecule has 2 saturated heterocycles. The Bertz CT molecular complexity index is 1450. The number of anilines is 3. The summed E-state index contributed by atoms with van der Waals surface area (Å²) in [5, 5.41) is 12.0. The summed E-state index contributed by atoms with van der Waals surface area (Å²) in [6.45, 7) is 5.68. The van der Waals surface area contributed by atoms with Crippen molar-refractivity contribution in [2.24, 2.45) is 0 Å². The molecule has 232 valence electrons. The molecule has 0 amide bonds. The molecule has 2 aliphatic heterocycles. The Morgan fingerprint density at radius 3 is 2.58 bits per heavy atom. The summed E-state index contributed by atoms with van der Waals surface area (Å²) in [6.07, 6.45) is -0.572. The van der Waals surface area contributed by atoms with E-state index in [4.69, 9.17) is 5.11 Å². The first-order valence-corrected chi connectivity index (χ1v) is 14.9. The topological polar surface area (TPSA) is 97.7 Å². The Labute approximate surface area is 249 Å². The van der Waals surface area contributed by atoms with Gasteiger partial charge in [-0.15, -0.1) is 0 Å². The molecule has 43 heavy (non-hydrogen) atoms. The summed E-state index contributed by atoms with van der Waals surface area (Å²) >= 11 is 1.16. The van der Waals surface area contributed by atoms with Gasteiger partial charge in [-0.25, -0.2) is 19.3 Å². The van der Waals surface area contributed by atoms with Gasteiger partial charge in [-0.3, -0.25) is 14.6 Å². The van der Waals surface area contributed by atoms with E-state index in [2.05, 4.69) is 32.1 Å². The van der Waals surface area contributed by atoms with Gasteiger partial charge in [0.15, 0.2) is 16.8 Å². The first-order valence-electron chi connectivity index (χ1n) is 14.1. The first-order chi connectivity index (χ1) is 20.5. The number of nitrogens with zero attached hydrogens (tertiary/aromatic N) is 6. The molecule has 2 N–H and O–H groups in total. The molecular weight excluding hydrogens is 593 g/mol. The van der Waals surface area contributed by atoms with Crippen LogP contribution in [0.25, 0.3) is 11.3 Å². The lowest BCUT2D eigenvalue weighted by molar-refractivity contribution is -0.138. The van der Waals surface area contributed by atoms with Crippen molar-refractivity contribution in [1.29, 1.82) is 0 Å². The molecular formula is C28H32F5N7O2S. The van der Waals surface area contributed by atoms with Crippen LogP contribution in [0.2, 0.25) is 0 Å². The predicted molar refractivity (Wildman–Crippen MR) is 152 cm³/mol. The zero-order valence-electron chi connectivity index (χ0n) is 23.5. The summed E-state index contributed by atoms with van der Waals surface area (Å²) in [4.78, 5) is 30.2. The highest BCUT2D eigenvalue weighted by Gasteiger charge is 2.33. The SMILES string of the molecule is CC[C@@H]1CCCN1Cc1sc(Nc2ncnc(N3CCN(CCC(=O)O)CC3)c2F)nc1-c1cc(F)cc(C(F)(F)F)c1. The minimum absolute atomic E-state index is 0.0107. The number of aromatic nitrogens is 3. The van der Waals surface area contributed by atoms with Crippen molar-refractivity contribution in [2.75, 3.05) is 49.5 Å². The lowest BCUT2D eigenvalue weighted by Crippen LogP contribution is -2.47. The number of likely N-dealkylation sites (tertiary alicyclic amines) is 1. The molecule has 1 atom stereocenters. The van der Waals surface area contributed by atoms with Crippen LogP contribution < -0.4 is 10.2 Å². The highest BCUT2D eigenvalue weighted by molar-refractivity contribution is 7.16. The number of benzene rings is 1. The molecule has 2 aromatic heterocycles. The number of halogens is 5. The van der Waals surface area contributed by atoms with Gasteiger partial charge in [0.1, 0.15) is 12.1 Å². The van der Waals surface area contributed by atoms with Crippen molar-refractivity contribution in [3.8, 4) is 11.3 Å². The van der Waals surface area contributed by atoms with Crippen molar-refractivity contribution in [1.82, 2.24) is 24.8 Å². The third-order valence-corrected chi connectivity index (χ3v) is 8.78. The quantitative estimate of drug-likeness (QED) is 0.279. The smallest absolute Gasteiger partial charge is 0.416 e. The zero-order chi connectivity index (χ0) is 30.7. The highest BCUT2D eigenvalue weighted by Crippen LogP contribution is 2.39. The lowest BCUT2D eigenvalue weighted by atomic mass is 10.1. The number of hydrogen-bond acceptors (Lipinski definition) is 9. The molecule has 0 unspecified atom stereocenters. The van der Waals surface area contributed by atoms with Crippen LogP contribution in [-0.2, 0) is 17.5 Å². The third-order valence-electron chi connectivity index (χ3n) is 7.82. The van der Waals surface area contributed by atoms with Gasteiger partial charge in [-0.1, -0.05) is 18.3 Å². The van der Waals surface area contributed by atoms with E-state index in [0.717, 1.165) is 49.3 Å². The minimum Gasteiger partial charge on any atom is -0.481 e. The molecule has 0 spiro atoms. The van der Waals surface area contributed by atoms with Gasteiger partial charge in [0.05, 0.1) is 17.7 Å². The number of rotatable bonds is 10. The van der Waals surface area contributed by atoms with Crippen LogP contribution in [0.1, 0.15) is 43.0 Å². The Morgan fingerprint density at radius 2 is 1.88 bits per heavy atom. The fourth-order valence-electron chi connectivity index (χ4n) is 5.58. The van der Waals surface area contributed by atoms with Crippen molar-refractivity contribution in [2.45, 2.75) is 51.4 Å². The highest BCUT2D eigenvalue weighted by atomic mass is 32.1. The predicted octanol–water partition coefficient (Wildman–Crippen LogP) is 5.61. The summed E-state index contributed by atoms with van der Waals surface area (Å²) in [5.74, 6) is -2.68. The van der Waals surface area contributed by atoms with E-state index >= 15 is 4.39 Å². The minimum atomic E-state index is -4.74. The van der Waals surface area contributed by atoms with Crippen LogP contribution in [0.3, 0.4) is 0 Å². The van der Waals surface area contributed by atoms with Crippen LogP contribution >= 0.6 is 11.3 Å². The Balaban J connectivity index is 1.41. The van der Waals surface area contributed by atoms with E-state index in [-0.39, 0.29) is 34.4 Å². The van der Waals surface area contributed by atoms with Crippen LogP contribution in [0, 0.1) is 11.6 Å². The Morgan fingerprint density at radius 1 is 1.12 bits per heavy atom. The van der Waals surface area contributed by atoms with E-state index in [9.17, 15) is 22.4 Å². The maximum absolute atomic E-state index is 15.7. The average Bonchev–Trinajstić information content (AvgIpc) is 3.59. The van der Waals surface area contributed by atoms with Gasteiger partial charge in [-0.05, 0) is 44.0 Å². The molecule has 0 bridgehead atoms. The molecule has 2 fully saturated rings. The van der Waals surface area contributed by atoms with Crippen LogP contribution in [-0.4, -0.2) is 81.1 Å². The number of carboxylic acids is 1. The lowest BCUT2D eigenvalue weighted by Gasteiger charge is -2.35. The summed E-state index contributed by atoms with van der Waals surface area (Å²) in [5.41, 5.74) is -0.923. The molecule has 15 heteroatoms. The number of carbonyl (C=O) groups is 1. The average molecular weight is 626 g/mol. The normalized spacial score (nSPS) is 18.4. The molecule has 1 aromatic carbocycles. The number of piperazine rings is 1. The number of nitrogens with one attached hydrogen (secondary N) is 1. The number of aliphatic carboxylic acids is 1. The Hall–Kier alpha value is -3.43. The van der Waals surface area contributed by atoms with Crippen molar-refractivity contribution < 1.29 is 31.9 Å². The largest absolute Gasteiger partial charge is 0.481 e. The van der Waals surface area contributed by atoms with E-state index in [0.29, 0.717) is 56.3 Å². The van der Waals surface area contributed by atoms with E-state index in [1.54, 1.807) is 4.90 Å². The zero-order valence-corrected chi connectivity index (χ0v) is 24.3. The second-order valence-electron chi connectivity index (χ2n) is 10.6. The molecule has 5 rings (SSSR count). The second-order valence-corrected chi connectivity index (χ2v) is 11.7. The van der Waals surface area contributed by atoms with Gasteiger partial charge >= 0.3 is 12.1 Å². The fraction of sp³-hybridized carbons (Fsp3) is 0.500. The maximum Gasteiger partial charge on any atom is 0.416 e. The van der Waals surface area contributed by atoms with Gasteiger partial charge in [0.25, 0.3) is 0 Å². The van der Waals surface area contributed by atoms with E-state index in [1.165, 1.54) is 6.33 Å². The summed E-state index contributed by atoms with van der Waals surface area (Å²) in [6, 6.07) is 2.67. The fourth-order valence-corrected chi connectivity index (χ4v) is 6.59. The molecule has 0 saturated carbocycles. The summed E-state index contributed by atoms with van der Waals surface area (Å²) in [7, 11) is 0. The van der Waals surface area contributed by atoms with Gasteiger partial charge in [0.2, 0.25) is 5.82 Å². The molecule has 0 radical (unpaired) electrons. The van der Waals surface area contributed by atoms with Crippen LogP contribution in [0.15, 0.2) is 24.5 Å². The van der Waals surface area contributed by atoms with Crippen molar-refractivity contribution in [3.05, 3.63) is 46.6 Å². The standard InChI is InChI=1S/C28H32F5N7O2S/c1-2-20-4-3-6-40(20)15-21-24(17-12-18(28(31,32)33)14-19(29)13-17)36-27(43-21)37-25-23(30)26(35-16-34-25)39-10-8-38(9-11-39)7-5-22(41)42/h12-14,16,20H,2-11,15H2,1H3,(H,41,42)(H,34,35,36,37)/t20-/m1/s1. The molecule has 2 aliphatic rings. The van der Waals surface area contributed by atoms with Crippen molar-refractivity contribution in [3.63, 3.8) is 0 Å². The number of carboxylic acid groups (broad SMARTS) is 1. The monoisotopic (exact) mass is 625 g/mol. The second kappa shape index (κ2) is 13.1. The van der Waals surface area contributed by atoms with E-state index < -0.39 is 29.3 Å². The molecule has 4 heterocycles. The molecule has 0 aliphatic carbocycles. The van der Waals surface area contributed by atoms with Gasteiger partial charge < -0.3 is 15.3 Å². The van der Waals surface area contributed by atoms with Crippen molar-refractivity contribution >= 4 is 34.1 Å². The van der Waals surface area contributed by atoms with Gasteiger partial charge in [0, 0.05) is 55.8 Å². The molecule has 3 aromatic rings. The maximum atomic E-state index is 15.7. The van der Waals surface area contributed by atoms with Crippen LogP contribution in [0.5, 0.6) is 0 Å². The van der Waals surface area contributed by atoms with Crippen LogP contribution in [0.4, 0.5) is 38.7 Å². The number of hydrogen-bond donors (Lipinski definition) is 2. The number of thiazole rings is 1. The third kappa shape index (κ3) is 7.39.